The highest BCUT2D eigenvalue weighted by Gasteiger charge is 2.11. The molecule has 0 spiro atoms. The van der Waals surface area contributed by atoms with Gasteiger partial charge < -0.3 is 9.84 Å². The van der Waals surface area contributed by atoms with Crippen molar-refractivity contribution in [3.63, 3.8) is 0 Å². The van der Waals surface area contributed by atoms with E-state index in [1.54, 1.807) is 6.92 Å². The van der Waals surface area contributed by atoms with Crippen molar-refractivity contribution in [2.45, 2.75) is 20.0 Å². The quantitative estimate of drug-likeness (QED) is 0.870. The Morgan fingerprint density at radius 1 is 1.10 bits per heavy atom. The Labute approximate surface area is 129 Å². The monoisotopic (exact) mass is 304 g/mol. The first-order valence-electron chi connectivity index (χ1n) is 6.73. The van der Waals surface area contributed by atoms with Crippen LogP contribution in [0.3, 0.4) is 0 Å². The second-order valence-corrected chi connectivity index (χ2v) is 5.44. The number of hydrogen-bond donors (Lipinski definition) is 1. The molecule has 4 heteroatoms. The minimum absolute atomic E-state index is 0.383. The molecule has 0 unspecified atom stereocenters. The number of carboxylic acids is 1. The maximum atomic E-state index is 10.8. The second kappa shape index (κ2) is 7.14. The Bertz CT molecular complexity index is 590. The third kappa shape index (κ3) is 4.80. The number of halogens is 1. The standard InChI is InChI=1S/C17H17ClO3/c1-12(17(19)20)10-13-4-8-16(9-5-13)21-11-14-2-6-15(18)7-3-14/h2-9,12H,10-11H2,1H3,(H,19,20)/t12-/m1/s1. The van der Waals surface area contributed by atoms with E-state index in [0.717, 1.165) is 16.9 Å². The summed E-state index contributed by atoms with van der Waals surface area (Å²) < 4.78 is 5.68. The molecular weight excluding hydrogens is 288 g/mol. The van der Waals surface area contributed by atoms with E-state index >= 15 is 0 Å². The SMILES string of the molecule is C[C@H](Cc1ccc(OCc2ccc(Cl)cc2)cc1)C(=O)O. The molecule has 0 aliphatic carbocycles. The molecule has 2 aromatic carbocycles. The van der Waals surface area contributed by atoms with Gasteiger partial charge in [-0.25, -0.2) is 0 Å². The van der Waals surface area contributed by atoms with Crippen LogP contribution in [-0.2, 0) is 17.8 Å². The van der Waals surface area contributed by atoms with Gasteiger partial charge in [-0.05, 0) is 41.8 Å². The average molecular weight is 305 g/mol. The van der Waals surface area contributed by atoms with Crippen molar-refractivity contribution in [1.29, 1.82) is 0 Å². The molecule has 3 nitrogen and oxygen atoms in total. The van der Waals surface area contributed by atoms with Crippen LogP contribution < -0.4 is 4.74 Å². The van der Waals surface area contributed by atoms with Crippen LogP contribution >= 0.6 is 11.6 Å². The molecule has 110 valence electrons. The zero-order chi connectivity index (χ0) is 15.2. The third-order valence-electron chi connectivity index (χ3n) is 3.21. The second-order valence-electron chi connectivity index (χ2n) is 5.00. The lowest BCUT2D eigenvalue weighted by Gasteiger charge is -2.09. The fraction of sp³-hybridized carbons (Fsp3) is 0.235. The van der Waals surface area contributed by atoms with Crippen LogP contribution in [0.2, 0.25) is 5.02 Å². The normalized spacial score (nSPS) is 11.9. The van der Waals surface area contributed by atoms with E-state index in [4.69, 9.17) is 21.4 Å². The number of carboxylic acid groups (broad SMARTS) is 1. The van der Waals surface area contributed by atoms with Crippen LogP contribution in [0.25, 0.3) is 0 Å². The van der Waals surface area contributed by atoms with Crippen LogP contribution in [0.15, 0.2) is 48.5 Å². The molecule has 0 fully saturated rings. The topological polar surface area (TPSA) is 46.5 Å². The van der Waals surface area contributed by atoms with Crippen molar-refractivity contribution in [1.82, 2.24) is 0 Å². The first-order chi connectivity index (χ1) is 10.0. The number of rotatable bonds is 6. The first-order valence-corrected chi connectivity index (χ1v) is 7.11. The molecule has 1 atom stereocenters. The molecule has 0 saturated heterocycles. The van der Waals surface area contributed by atoms with Crippen molar-refractivity contribution in [3.05, 3.63) is 64.7 Å². The number of hydrogen-bond acceptors (Lipinski definition) is 2. The van der Waals surface area contributed by atoms with Gasteiger partial charge in [-0.2, -0.15) is 0 Å². The van der Waals surface area contributed by atoms with Crippen LogP contribution in [0.1, 0.15) is 18.1 Å². The van der Waals surface area contributed by atoms with E-state index in [1.165, 1.54) is 0 Å². The summed E-state index contributed by atoms with van der Waals surface area (Å²) in [5, 5.41) is 9.60. The largest absolute Gasteiger partial charge is 0.489 e. The van der Waals surface area contributed by atoms with Crippen molar-refractivity contribution < 1.29 is 14.6 Å². The number of benzene rings is 2. The van der Waals surface area contributed by atoms with Crippen LogP contribution in [0, 0.1) is 5.92 Å². The molecule has 1 N–H and O–H groups in total. The molecule has 0 amide bonds. The Hall–Kier alpha value is -2.00. The summed E-state index contributed by atoms with van der Waals surface area (Å²) in [6, 6.07) is 15.0. The molecule has 2 rings (SSSR count). The van der Waals surface area contributed by atoms with Gasteiger partial charge >= 0.3 is 5.97 Å². The molecule has 0 saturated carbocycles. The van der Waals surface area contributed by atoms with Crippen molar-refractivity contribution >= 4 is 17.6 Å². The summed E-state index contributed by atoms with van der Waals surface area (Å²) in [5.41, 5.74) is 2.03. The predicted molar refractivity (Wildman–Crippen MR) is 82.7 cm³/mol. The van der Waals surface area contributed by atoms with E-state index in [9.17, 15) is 4.79 Å². The Balaban J connectivity index is 1.90. The van der Waals surface area contributed by atoms with Gasteiger partial charge in [-0.3, -0.25) is 4.79 Å². The zero-order valence-electron chi connectivity index (χ0n) is 11.8. The summed E-state index contributed by atoms with van der Waals surface area (Å²) in [7, 11) is 0. The number of aliphatic carboxylic acids is 1. The van der Waals surface area contributed by atoms with Gasteiger partial charge in [0.1, 0.15) is 12.4 Å². The summed E-state index contributed by atoms with van der Waals surface area (Å²) >= 11 is 5.83. The van der Waals surface area contributed by atoms with Crippen molar-refractivity contribution in [3.8, 4) is 5.75 Å². The van der Waals surface area contributed by atoms with E-state index in [0.29, 0.717) is 18.1 Å². The summed E-state index contributed by atoms with van der Waals surface area (Å²) in [5.74, 6) is -0.402. The van der Waals surface area contributed by atoms with Crippen LogP contribution in [-0.4, -0.2) is 11.1 Å². The molecule has 0 aromatic heterocycles. The molecular formula is C17H17ClO3. The fourth-order valence-electron chi connectivity index (χ4n) is 1.91. The minimum Gasteiger partial charge on any atom is -0.489 e. The zero-order valence-corrected chi connectivity index (χ0v) is 12.5. The van der Waals surface area contributed by atoms with E-state index < -0.39 is 5.97 Å². The molecule has 0 heterocycles. The van der Waals surface area contributed by atoms with Crippen molar-refractivity contribution in [2.24, 2.45) is 5.92 Å². The Kier molecular flexibility index (Phi) is 5.23. The smallest absolute Gasteiger partial charge is 0.306 e. The third-order valence-corrected chi connectivity index (χ3v) is 3.46. The molecule has 2 aromatic rings. The number of carbonyl (C=O) groups is 1. The summed E-state index contributed by atoms with van der Waals surface area (Å²) in [6.07, 6.45) is 0.521. The van der Waals surface area contributed by atoms with Gasteiger partial charge in [0.25, 0.3) is 0 Å². The van der Waals surface area contributed by atoms with Gasteiger partial charge in [0.05, 0.1) is 5.92 Å². The predicted octanol–water partition coefficient (Wildman–Crippen LogP) is 4.18. The van der Waals surface area contributed by atoms with Crippen LogP contribution in [0.4, 0.5) is 0 Å². The highest BCUT2D eigenvalue weighted by Crippen LogP contribution is 2.17. The highest BCUT2D eigenvalue weighted by atomic mass is 35.5. The maximum absolute atomic E-state index is 10.8. The average Bonchev–Trinajstić information content (AvgIpc) is 2.48. The maximum Gasteiger partial charge on any atom is 0.306 e. The van der Waals surface area contributed by atoms with Crippen LogP contribution in [0.5, 0.6) is 5.75 Å². The highest BCUT2D eigenvalue weighted by molar-refractivity contribution is 6.30. The molecule has 0 bridgehead atoms. The molecule has 0 aliphatic rings. The van der Waals surface area contributed by atoms with Crippen molar-refractivity contribution in [2.75, 3.05) is 0 Å². The Morgan fingerprint density at radius 2 is 1.67 bits per heavy atom. The van der Waals surface area contributed by atoms with Gasteiger partial charge in [0.15, 0.2) is 0 Å². The van der Waals surface area contributed by atoms with E-state index in [-0.39, 0.29) is 5.92 Å². The fourth-order valence-corrected chi connectivity index (χ4v) is 2.04. The van der Waals surface area contributed by atoms with Gasteiger partial charge in [0, 0.05) is 5.02 Å². The summed E-state index contributed by atoms with van der Waals surface area (Å²) in [6.45, 7) is 2.18. The van der Waals surface area contributed by atoms with Gasteiger partial charge in [0.2, 0.25) is 0 Å². The molecule has 0 radical (unpaired) electrons. The lowest BCUT2D eigenvalue weighted by atomic mass is 10.0. The lowest BCUT2D eigenvalue weighted by Crippen LogP contribution is -2.12. The van der Waals surface area contributed by atoms with Gasteiger partial charge in [-0.1, -0.05) is 42.8 Å². The summed E-state index contributed by atoms with van der Waals surface area (Å²) in [4.78, 5) is 10.8. The first kappa shape index (κ1) is 15.4. The van der Waals surface area contributed by atoms with Gasteiger partial charge in [-0.15, -0.1) is 0 Å². The van der Waals surface area contributed by atoms with E-state index in [1.807, 2.05) is 48.5 Å². The Morgan fingerprint density at radius 3 is 2.24 bits per heavy atom. The minimum atomic E-state index is -0.780. The number of ether oxygens (including phenoxy) is 1. The van der Waals surface area contributed by atoms with E-state index in [2.05, 4.69) is 0 Å². The lowest BCUT2D eigenvalue weighted by molar-refractivity contribution is -0.141. The molecule has 0 aliphatic heterocycles. The molecule has 21 heavy (non-hydrogen) atoms.